The molecule has 0 unspecified atom stereocenters. The van der Waals surface area contributed by atoms with E-state index in [1.807, 2.05) is 0 Å². The quantitative estimate of drug-likeness (QED) is 0.784. The van der Waals surface area contributed by atoms with E-state index in [0.717, 1.165) is 12.8 Å². The molecule has 0 radical (unpaired) electrons. The van der Waals surface area contributed by atoms with Crippen molar-refractivity contribution < 1.29 is 13.2 Å². The highest BCUT2D eigenvalue weighted by Crippen LogP contribution is 2.23. The average Bonchev–Trinajstić information content (AvgIpc) is 2.35. The number of amides is 1. The molecule has 3 N–H and O–H groups in total. The Labute approximate surface area is 130 Å². The van der Waals surface area contributed by atoms with Crippen LogP contribution in [0.25, 0.3) is 0 Å². The second-order valence-corrected chi connectivity index (χ2v) is 7.38. The van der Waals surface area contributed by atoms with E-state index in [-0.39, 0.29) is 21.4 Å². The van der Waals surface area contributed by atoms with Crippen LogP contribution in [0.4, 0.5) is 0 Å². The molecular formula is C14H21ClN2O3S. The number of carbonyl (C=O) groups is 1. The molecule has 0 spiro atoms. The predicted molar refractivity (Wildman–Crippen MR) is 84.0 cm³/mol. The molecule has 1 aromatic carbocycles. The number of sulfonamides is 1. The second-order valence-electron chi connectivity index (χ2n) is 5.41. The smallest absolute Gasteiger partial charge is 0.251 e. The van der Waals surface area contributed by atoms with E-state index in [0.29, 0.717) is 18.0 Å². The van der Waals surface area contributed by atoms with Crippen molar-refractivity contribution >= 4 is 27.5 Å². The van der Waals surface area contributed by atoms with Crippen LogP contribution >= 0.6 is 11.6 Å². The first-order valence-corrected chi connectivity index (χ1v) is 8.66. The molecule has 0 aliphatic heterocycles. The highest BCUT2D eigenvalue weighted by Gasteiger charge is 2.17. The topological polar surface area (TPSA) is 89.3 Å². The van der Waals surface area contributed by atoms with Gasteiger partial charge in [0.2, 0.25) is 10.0 Å². The Balaban J connectivity index is 2.91. The molecule has 0 fully saturated rings. The number of primary sulfonamides is 1. The second kappa shape index (κ2) is 7.24. The van der Waals surface area contributed by atoms with Crippen molar-refractivity contribution in [1.82, 2.24) is 5.32 Å². The van der Waals surface area contributed by atoms with E-state index in [9.17, 15) is 13.2 Å². The number of rotatable bonds is 6. The van der Waals surface area contributed by atoms with Gasteiger partial charge in [0.15, 0.2) is 0 Å². The van der Waals surface area contributed by atoms with E-state index >= 15 is 0 Å². The highest BCUT2D eigenvalue weighted by molar-refractivity contribution is 7.89. The molecule has 0 atom stereocenters. The van der Waals surface area contributed by atoms with Gasteiger partial charge in [0.1, 0.15) is 0 Å². The zero-order chi connectivity index (χ0) is 16.2. The Morgan fingerprint density at radius 3 is 2.52 bits per heavy atom. The Kier molecular flexibility index (Phi) is 6.19. The zero-order valence-corrected chi connectivity index (χ0v) is 14.0. The normalized spacial score (nSPS) is 11.7. The number of carbonyl (C=O) groups excluding carboxylic acids is 1. The summed E-state index contributed by atoms with van der Waals surface area (Å²) in [6.07, 6.45) is 1.88. The molecule has 0 aromatic heterocycles. The minimum atomic E-state index is -3.90. The summed E-state index contributed by atoms with van der Waals surface area (Å²) in [6.45, 7) is 6.43. The number of hydrogen-bond acceptors (Lipinski definition) is 3. The van der Waals surface area contributed by atoms with Crippen LogP contribution in [0, 0.1) is 12.8 Å². The monoisotopic (exact) mass is 332 g/mol. The third-order valence-corrected chi connectivity index (χ3v) is 4.42. The van der Waals surface area contributed by atoms with Crippen LogP contribution in [0.15, 0.2) is 17.0 Å². The standard InChI is InChI=1S/C14H21ClN2O3S/c1-9(2)5-4-6-17-14(18)12-7-11(21(16,19)20)8-13(15)10(12)3/h7-9H,4-6H2,1-3H3,(H,17,18)(H2,16,19,20). The minimum Gasteiger partial charge on any atom is -0.352 e. The molecule has 1 rings (SSSR count). The number of halogens is 1. The summed E-state index contributed by atoms with van der Waals surface area (Å²) in [6, 6.07) is 2.51. The van der Waals surface area contributed by atoms with Gasteiger partial charge in [0, 0.05) is 17.1 Å². The van der Waals surface area contributed by atoms with Gasteiger partial charge in [-0.3, -0.25) is 4.79 Å². The maximum Gasteiger partial charge on any atom is 0.251 e. The van der Waals surface area contributed by atoms with Crippen LogP contribution in [-0.4, -0.2) is 20.9 Å². The van der Waals surface area contributed by atoms with Crippen molar-refractivity contribution in [2.75, 3.05) is 6.54 Å². The van der Waals surface area contributed by atoms with E-state index in [4.69, 9.17) is 16.7 Å². The molecule has 118 valence electrons. The largest absolute Gasteiger partial charge is 0.352 e. The summed E-state index contributed by atoms with van der Waals surface area (Å²) in [4.78, 5) is 12.0. The van der Waals surface area contributed by atoms with Gasteiger partial charge in [-0.2, -0.15) is 0 Å². The summed E-state index contributed by atoms with van der Waals surface area (Å²) >= 11 is 5.97. The molecule has 7 heteroatoms. The molecule has 1 aromatic rings. The van der Waals surface area contributed by atoms with E-state index in [1.165, 1.54) is 12.1 Å². The lowest BCUT2D eigenvalue weighted by atomic mass is 10.1. The van der Waals surface area contributed by atoms with Crippen molar-refractivity contribution in [3.05, 3.63) is 28.3 Å². The highest BCUT2D eigenvalue weighted by atomic mass is 35.5. The van der Waals surface area contributed by atoms with Gasteiger partial charge in [-0.25, -0.2) is 13.6 Å². The summed E-state index contributed by atoms with van der Waals surface area (Å²) in [7, 11) is -3.90. The van der Waals surface area contributed by atoms with Gasteiger partial charge in [0.25, 0.3) is 5.91 Å². The van der Waals surface area contributed by atoms with Crippen LogP contribution in [-0.2, 0) is 10.0 Å². The lowest BCUT2D eigenvalue weighted by Crippen LogP contribution is -2.26. The van der Waals surface area contributed by atoms with Crippen LogP contribution in [0.2, 0.25) is 5.02 Å². The third kappa shape index (κ3) is 5.30. The average molecular weight is 333 g/mol. The van der Waals surface area contributed by atoms with E-state index in [1.54, 1.807) is 6.92 Å². The molecule has 0 saturated heterocycles. The first kappa shape index (κ1) is 17.9. The number of hydrogen-bond donors (Lipinski definition) is 2. The summed E-state index contributed by atoms with van der Waals surface area (Å²) < 4.78 is 22.8. The maximum atomic E-state index is 12.1. The van der Waals surface area contributed by atoms with Gasteiger partial charge in [-0.05, 0) is 43.4 Å². The van der Waals surface area contributed by atoms with Crippen LogP contribution < -0.4 is 10.5 Å². The minimum absolute atomic E-state index is 0.162. The van der Waals surface area contributed by atoms with E-state index in [2.05, 4.69) is 19.2 Å². The predicted octanol–water partition coefficient (Wildman–Crippen LogP) is 2.46. The Hall–Kier alpha value is -1.11. The fourth-order valence-corrected chi connectivity index (χ4v) is 2.71. The van der Waals surface area contributed by atoms with Crippen molar-refractivity contribution in [1.29, 1.82) is 0 Å². The van der Waals surface area contributed by atoms with Gasteiger partial charge < -0.3 is 5.32 Å². The van der Waals surface area contributed by atoms with E-state index < -0.39 is 10.0 Å². The van der Waals surface area contributed by atoms with Crippen LogP contribution in [0.3, 0.4) is 0 Å². The lowest BCUT2D eigenvalue weighted by molar-refractivity contribution is 0.0951. The number of benzene rings is 1. The van der Waals surface area contributed by atoms with Gasteiger partial charge >= 0.3 is 0 Å². The summed E-state index contributed by atoms with van der Waals surface area (Å²) in [5.41, 5.74) is 0.765. The number of nitrogens with one attached hydrogen (secondary N) is 1. The van der Waals surface area contributed by atoms with Crippen molar-refractivity contribution in [3.63, 3.8) is 0 Å². The van der Waals surface area contributed by atoms with Gasteiger partial charge in [-0.1, -0.05) is 25.4 Å². The Bertz CT molecular complexity index is 627. The Morgan fingerprint density at radius 2 is 2.00 bits per heavy atom. The van der Waals surface area contributed by atoms with Crippen LogP contribution in [0.5, 0.6) is 0 Å². The maximum absolute atomic E-state index is 12.1. The van der Waals surface area contributed by atoms with Gasteiger partial charge in [0.05, 0.1) is 4.90 Å². The van der Waals surface area contributed by atoms with Crippen molar-refractivity contribution in [2.45, 2.75) is 38.5 Å². The lowest BCUT2D eigenvalue weighted by Gasteiger charge is -2.11. The fourth-order valence-electron chi connectivity index (χ4n) is 1.86. The third-order valence-electron chi connectivity index (χ3n) is 3.13. The first-order chi connectivity index (χ1) is 9.62. The molecule has 0 aliphatic carbocycles. The number of nitrogens with two attached hydrogens (primary N) is 1. The summed E-state index contributed by atoms with van der Waals surface area (Å²) in [5.74, 6) is 0.229. The Morgan fingerprint density at radius 1 is 1.38 bits per heavy atom. The zero-order valence-electron chi connectivity index (χ0n) is 12.4. The summed E-state index contributed by atoms with van der Waals surface area (Å²) in [5, 5.41) is 8.05. The molecule has 5 nitrogen and oxygen atoms in total. The van der Waals surface area contributed by atoms with Crippen molar-refractivity contribution in [3.8, 4) is 0 Å². The SMILES string of the molecule is Cc1c(Cl)cc(S(N)(=O)=O)cc1C(=O)NCCCC(C)C. The fraction of sp³-hybridized carbons (Fsp3) is 0.500. The molecule has 1 amide bonds. The molecular weight excluding hydrogens is 312 g/mol. The van der Waals surface area contributed by atoms with Crippen molar-refractivity contribution in [2.24, 2.45) is 11.1 Å². The molecule has 0 heterocycles. The molecule has 21 heavy (non-hydrogen) atoms. The van der Waals surface area contributed by atoms with Crippen LogP contribution in [0.1, 0.15) is 42.6 Å². The van der Waals surface area contributed by atoms with Gasteiger partial charge in [-0.15, -0.1) is 0 Å². The first-order valence-electron chi connectivity index (χ1n) is 6.74. The molecule has 0 saturated carbocycles. The molecule has 0 aliphatic rings. The molecule has 0 bridgehead atoms.